The van der Waals surface area contributed by atoms with Crippen LogP contribution in [-0.4, -0.2) is 18.5 Å². The highest BCUT2D eigenvalue weighted by Crippen LogP contribution is 2.33. The molecule has 0 aliphatic carbocycles. The average Bonchev–Trinajstić information content (AvgIpc) is 2.58. The number of fused-ring (bicyclic) bond motifs is 1. The minimum atomic E-state index is -0.549. The Morgan fingerprint density at radius 2 is 1.70 bits per heavy atom. The van der Waals surface area contributed by atoms with Gasteiger partial charge in [0.15, 0.2) is 0 Å². The van der Waals surface area contributed by atoms with Crippen LogP contribution in [0.2, 0.25) is 0 Å². The van der Waals surface area contributed by atoms with Crippen LogP contribution in [0.1, 0.15) is 0 Å². The van der Waals surface area contributed by atoms with Gasteiger partial charge in [0.2, 0.25) is 5.91 Å². The van der Waals surface area contributed by atoms with Gasteiger partial charge in [-0.25, -0.2) is 0 Å². The fourth-order valence-electron chi connectivity index (χ4n) is 2.27. The monoisotopic (exact) mass is 333 g/mol. The minimum Gasteiger partial charge on any atom is -0.338 e. The molecule has 104 valence electrons. The number of para-hydroxylation sites is 3. The molecule has 1 heterocycles. The van der Waals surface area contributed by atoms with E-state index in [1.165, 1.54) is 0 Å². The number of hydrogen-bond donors (Lipinski definition) is 2. The molecule has 2 aromatic carbocycles. The third kappa shape index (κ3) is 2.69. The Morgan fingerprint density at radius 3 is 2.45 bits per heavy atom. The second kappa shape index (κ2) is 6.07. The molecule has 1 aliphatic rings. The number of benzene rings is 2. The highest BCUT2D eigenvalue weighted by atomic mass is 79.9. The number of amides is 1. The van der Waals surface area contributed by atoms with E-state index in [0.717, 1.165) is 17.1 Å². The topological polar surface area (TPSA) is 58.4 Å². The zero-order valence-electron chi connectivity index (χ0n) is 10.8. The number of carbonyl (C=O) groups excluding carboxylic acids is 1. The van der Waals surface area contributed by atoms with Gasteiger partial charge in [-0.15, -0.1) is 17.0 Å². The maximum Gasteiger partial charge on any atom is 0.243 e. The number of nitrogens with two attached hydrogens (primary N) is 1. The Bertz CT molecular complexity index is 603. The Morgan fingerprint density at radius 1 is 1.05 bits per heavy atom. The van der Waals surface area contributed by atoms with Crippen molar-refractivity contribution in [3.05, 3.63) is 54.6 Å². The zero-order valence-corrected chi connectivity index (χ0v) is 12.5. The van der Waals surface area contributed by atoms with Gasteiger partial charge in [0.1, 0.15) is 6.04 Å². The normalized spacial score (nSPS) is 17.6. The third-order valence-corrected chi connectivity index (χ3v) is 3.24. The fourth-order valence-corrected chi connectivity index (χ4v) is 2.27. The highest BCUT2D eigenvalue weighted by molar-refractivity contribution is 8.93. The summed E-state index contributed by atoms with van der Waals surface area (Å²) in [5.74, 6) is -0.147. The largest absolute Gasteiger partial charge is 0.338 e. The molecule has 4 nitrogen and oxygen atoms in total. The van der Waals surface area contributed by atoms with Gasteiger partial charge in [-0.3, -0.25) is 4.79 Å². The molecule has 0 saturated heterocycles. The van der Waals surface area contributed by atoms with E-state index in [2.05, 4.69) is 10.2 Å². The van der Waals surface area contributed by atoms with Gasteiger partial charge in [-0.1, -0.05) is 30.3 Å². The SMILES string of the molecule is Br.NC1CN(c2ccccc2)c2ccccc2NC1=O. The molecule has 2 aromatic rings. The maximum absolute atomic E-state index is 11.9. The molecule has 0 fully saturated rings. The van der Waals surface area contributed by atoms with Crippen LogP contribution >= 0.6 is 17.0 Å². The summed E-state index contributed by atoms with van der Waals surface area (Å²) < 4.78 is 0. The molecule has 3 N–H and O–H groups in total. The summed E-state index contributed by atoms with van der Waals surface area (Å²) in [6.07, 6.45) is 0. The predicted octanol–water partition coefficient (Wildman–Crippen LogP) is 2.68. The number of halogens is 1. The second-order valence-electron chi connectivity index (χ2n) is 4.56. The van der Waals surface area contributed by atoms with E-state index in [0.29, 0.717) is 6.54 Å². The van der Waals surface area contributed by atoms with E-state index in [9.17, 15) is 4.79 Å². The molecule has 1 atom stereocenters. The van der Waals surface area contributed by atoms with Crippen LogP contribution in [0.4, 0.5) is 17.1 Å². The van der Waals surface area contributed by atoms with Crippen LogP contribution in [-0.2, 0) is 4.79 Å². The maximum atomic E-state index is 11.9. The van der Waals surface area contributed by atoms with Crippen molar-refractivity contribution < 1.29 is 4.79 Å². The van der Waals surface area contributed by atoms with E-state index < -0.39 is 6.04 Å². The Kier molecular flexibility index (Phi) is 4.42. The van der Waals surface area contributed by atoms with Crippen LogP contribution in [0.5, 0.6) is 0 Å². The predicted molar refractivity (Wildman–Crippen MR) is 86.8 cm³/mol. The third-order valence-electron chi connectivity index (χ3n) is 3.24. The van der Waals surface area contributed by atoms with Crippen molar-refractivity contribution in [1.82, 2.24) is 0 Å². The Labute approximate surface area is 128 Å². The molecule has 0 bridgehead atoms. The summed E-state index contributed by atoms with van der Waals surface area (Å²) in [5.41, 5.74) is 8.72. The first kappa shape index (κ1) is 14.6. The lowest BCUT2D eigenvalue weighted by molar-refractivity contribution is -0.117. The van der Waals surface area contributed by atoms with E-state index >= 15 is 0 Å². The smallest absolute Gasteiger partial charge is 0.243 e. The molecule has 1 aliphatic heterocycles. The van der Waals surface area contributed by atoms with Crippen molar-refractivity contribution in [3.8, 4) is 0 Å². The highest BCUT2D eigenvalue weighted by Gasteiger charge is 2.25. The molecule has 0 aromatic heterocycles. The molecule has 5 heteroatoms. The number of nitrogens with zero attached hydrogens (tertiary/aromatic N) is 1. The van der Waals surface area contributed by atoms with Crippen molar-refractivity contribution in [1.29, 1.82) is 0 Å². The second-order valence-corrected chi connectivity index (χ2v) is 4.56. The molecular weight excluding hydrogens is 318 g/mol. The lowest BCUT2D eigenvalue weighted by atomic mass is 10.2. The van der Waals surface area contributed by atoms with Gasteiger partial charge in [-0.2, -0.15) is 0 Å². The van der Waals surface area contributed by atoms with Crippen LogP contribution < -0.4 is 16.0 Å². The lowest BCUT2D eigenvalue weighted by Gasteiger charge is -2.25. The van der Waals surface area contributed by atoms with Crippen molar-refractivity contribution in [2.75, 3.05) is 16.8 Å². The quantitative estimate of drug-likeness (QED) is 0.843. The Hall–Kier alpha value is -1.85. The van der Waals surface area contributed by atoms with Crippen LogP contribution in [0.25, 0.3) is 0 Å². The minimum absolute atomic E-state index is 0. The van der Waals surface area contributed by atoms with Crippen molar-refractivity contribution >= 4 is 40.0 Å². The van der Waals surface area contributed by atoms with E-state index in [4.69, 9.17) is 5.73 Å². The molecule has 0 spiro atoms. The number of anilines is 3. The molecule has 1 unspecified atom stereocenters. The molecule has 1 amide bonds. The summed E-state index contributed by atoms with van der Waals surface area (Å²) in [6, 6.07) is 17.1. The van der Waals surface area contributed by atoms with Gasteiger partial charge in [-0.05, 0) is 24.3 Å². The van der Waals surface area contributed by atoms with Gasteiger partial charge in [0.05, 0.1) is 11.4 Å². The van der Waals surface area contributed by atoms with Crippen LogP contribution in [0.3, 0.4) is 0 Å². The molecule has 3 rings (SSSR count). The molecular formula is C15H16BrN3O. The summed E-state index contributed by atoms with van der Waals surface area (Å²) in [7, 11) is 0. The summed E-state index contributed by atoms with van der Waals surface area (Å²) in [6.45, 7) is 0.465. The lowest BCUT2D eigenvalue weighted by Crippen LogP contribution is -2.41. The summed E-state index contributed by atoms with van der Waals surface area (Å²) >= 11 is 0. The van der Waals surface area contributed by atoms with E-state index in [1.54, 1.807) is 0 Å². The summed E-state index contributed by atoms with van der Waals surface area (Å²) in [4.78, 5) is 14.0. The van der Waals surface area contributed by atoms with Crippen molar-refractivity contribution in [2.45, 2.75) is 6.04 Å². The van der Waals surface area contributed by atoms with Gasteiger partial charge in [0, 0.05) is 12.2 Å². The molecule has 20 heavy (non-hydrogen) atoms. The molecule has 0 saturated carbocycles. The first-order valence-electron chi connectivity index (χ1n) is 6.24. The number of nitrogens with one attached hydrogen (secondary N) is 1. The van der Waals surface area contributed by atoms with Crippen LogP contribution in [0.15, 0.2) is 54.6 Å². The van der Waals surface area contributed by atoms with Crippen LogP contribution in [0, 0.1) is 0 Å². The first-order chi connectivity index (χ1) is 9.25. The zero-order chi connectivity index (χ0) is 13.2. The average molecular weight is 334 g/mol. The van der Waals surface area contributed by atoms with E-state index in [1.807, 2.05) is 54.6 Å². The number of carbonyl (C=O) groups is 1. The fraction of sp³-hybridized carbons (Fsp3) is 0.133. The Balaban J connectivity index is 0.00000147. The first-order valence-corrected chi connectivity index (χ1v) is 6.24. The summed E-state index contributed by atoms with van der Waals surface area (Å²) in [5, 5.41) is 2.87. The van der Waals surface area contributed by atoms with Crippen molar-refractivity contribution in [2.24, 2.45) is 5.73 Å². The molecule has 0 radical (unpaired) electrons. The van der Waals surface area contributed by atoms with Crippen molar-refractivity contribution in [3.63, 3.8) is 0 Å². The number of hydrogen-bond acceptors (Lipinski definition) is 3. The number of rotatable bonds is 1. The van der Waals surface area contributed by atoms with Gasteiger partial charge >= 0.3 is 0 Å². The van der Waals surface area contributed by atoms with Gasteiger partial charge < -0.3 is 16.0 Å². The van der Waals surface area contributed by atoms with E-state index in [-0.39, 0.29) is 22.9 Å². The van der Waals surface area contributed by atoms with Gasteiger partial charge in [0.25, 0.3) is 0 Å². The standard InChI is InChI=1S/C15H15N3O.BrH/c16-12-10-18(11-6-2-1-3-7-11)14-9-5-4-8-13(14)17-15(12)19;/h1-9,12H,10,16H2,(H,17,19);1H.